The second-order valence-corrected chi connectivity index (χ2v) is 4.25. The SMILES string of the molecule is O=C(O)c1c(O)ccc2ncc(-c3ccccc3)nc12. The Morgan fingerprint density at radius 2 is 1.80 bits per heavy atom. The quantitative estimate of drug-likeness (QED) is 0.745. The first-order valence-electron chi connectivity index (χ1n) is 5.94. The third-order valence-electron chi connectivity index (χ3n) is 2.98. The van der Waals surface area contributed by atoms with Gasteiger partial charge < -0.3 is 10.2 Å². The number of carboxylic acid groups (broad SMARTS) is 1. The zero-order valence-corrected chi connectivity index (χ0v) is 10.3. The minimum Gasteiger partial charge on any atom is -0.507 e. The Morgan fingerprint density at radius 1 is 1.05 bits per heavy atom. The van der Waals surface area contributed by atoms with Crippen LogP contribution in [0.2, 0.25) is 0 Å². The molecular formula is C15H10N2O3. The van der Waals surface area contributed by atoms with Gasteiger partial charge in [0.25, 0.3) is 0 Å². The molecule has 0 saturated heterocycles. The Balaban J connectivity index is 2.30. The number of aromatic carboxylic acids is 1. The van der Waals surface area contributed by atoms with E-state index in [4.69, 9.17) is 0 Å². The summed E-state index contributed by atoms with van der Waals surface area (Å²) in [7, 11) is 0. The van der Waals surface area contributed by atoms with Crippen LogP contribution in [-0.2, 0) is 0 Å². The number of hydrogen-bond acceptors (Lipinski definition) is 4. The first-order valence-corrected chi connectivity index (χ1v) is 5.94. The van der Waals surface area contributed by atoms with Crippen LogP contribution in [0, 0.1) is 0 Å². The zero-order chi connectivity index (χ0) is 14.1. The van der Waals surface area contributed by atoms with Gasteiger partial charge in [-0.05, 0) is 12.1 Å². The summed E-state index contributed by atoms with van der Waals surface area (Å²) in [5.41, 5.74) is 1.78. The van der Waals surface area contributed by atoms with Crippen molar-refractivity contribution < 1.29 is 15.0 Å². The lowest BCUT2D eigenvalue weighted by molar-refractivity contribution is 0.0696. The van der Waals surface area contributed by atoms with Gasteiger partial charge in [-0.15, -0.1) is 0 Å². The minimum atomic E-state index is -1.23. The fourth-order valence-electron chi connectivity index (χ4n) is 2.03. The van der Waals surface area contributed by atoms with Gasteiger partial charge in [-0.2, -0.15) is 0 Å². The van der Waals surface area contributed by atoms with Crippen LogP contribution in [0.5, 0.6) is 5.75 Å². The number of carbonyl (C=O) groups is 1. The molecule has 20 heavy (non-hydrogen) atoms. The van der Waals surface area contributed by atoms with Crippen molar-refractivity contribution in [1.82, 2.24) is 9.97 Å². The Kier molecular flexibility index (Phi) is 2.80. The van der Waals surface area contributed by atoms with Crippen molar-refractivity contribution in [3.8, 4) is 17.0 Å². The highest BCUT2D eigenvalue weighted by Gasteiger charge is 2.16. The monoisotopic (exact) mass is 266 g/mol. The third kappa shape index (κ3) is 1.95. The number of carboxylic acids is 1. The number of nitrogens with zero attached hydrogens (tertiary/aromatic N) is 2. The van der Waals surface area contributed by atoms with Crippen molar-refractivity contribution in [1.29, 1.82) is 0 Å². The number of hydrogen-bond donors (Lipinski definition) is 2. The number of benzene rings is 2. The summed E-state index contributed by atoms with van der Waals surface area (Å²) < 4.78 is 0. The van der Waals surface area contributed by atoms with E-state index in [0.717, 1.165) is 5.56 Å². The topological polar surface area (TPSA) is 83.3 Å². The molecule has 98 valence electrons. The molecule has 2 aromatic carbocycles. The molecule has 3 aromatic rings. The molecule has 0 spiro atoms. The molecule has 0 aliphatic carbocycles. The minimum absolute atomic E-state index is 0.179. The molecule has 0 saturated carbocycles. The maximum atomic E-state index is 11.3. The highest BCUT2D eigenvalue weighted by atomic mass is 16.4. The summed E-state index contributed by atoms with van der Waals surface area (Å²) in [4.78, 5) is 19.8. The van der Waals surface area contributed by atoms with Crippen LogP contribution in [0.1, 0.15) is 10.4 Å². The van der Waals surface area contributed by atoms with Crippen LogP contribution in [0.15, 0.2) is 48.7 Å². The molecule has 1 aromatic heterocycles. The molecule has 1 heterocycles. The summed E-state index contributed by atoms with van der Waals surface area (Å²) in [6, 6.07) is 12.2. The summed E-state index contributed by atoms with van der Waals surface area (Å²) in [5, 5.41) is 18.9. The second-order valence-electron chi connectivity index (χ2n) is 4.25. The van der Waals surface area contributed by atoms with E-state index in [1.807, 2.05) is 30.3 Å². The highest BCUT2D eigenvalue weighted by Crippen LogP contribution is 2.26. The average molecular weight is 266 g/mol. The van der Waals surface area contributed by atoms with Crippen LogP contribution < -0.4 is 0 Å². The first-order chi connectivity index (χ1) is 9.66. The number of aromatic hydroxyl groups is 1. The predicted molar refractivity (Wildman–Crippen MR) is 73.6 cm³/mol. The number of phenols is 1. The van der Waals surface area contributed by atoms with E-state index >= 15 is 0 Å². The summed E-state index contributed by atoms with van der Waals surface area (Å²) in [6.45, 7) is 0. The molecule has 2 N–H and O–H groups in total. The van der Waals surface area contributed by atoms with Gasteiger partial charge in [0.05, 0.1) is 17.4 Å². The maximum absolute atomic E-state index is 11.3. The van der Waals surface area contributed by atoms with Crippen molar-refractivity contribution in [2.24, 2.45) is 0 Å². The van der Waals surface area contributed by atoms with Crippen LogP contribution in [0.25, 0.3) is 22.3 Å². The molecule has 3 rings (SSSR count). The Hall–Kier alpha value is -2.95. The van der Waals surface area contributed by atoms with E-state index in [9.17, 15) is 15.0 Å². The van der Waals surface area contributed by atoms with Gasteiger partial charge in [-0.1, -0.05) is 30.3 Å². The Morgan fingerprint density at radius 3 is 2.50 bits per heavy atom. The molecule has 0 fully saturated rings. The van der Waals surface area contributed by atoms with E-state index in [0.29, 0.717) is 11.2 Å². The van der Waals surface area contributed by atoms with Crippen molar-refractivity contribution in [3.63, 3.8) is 0 Å². The Bertz CT molecular complexity index is 801. The summed E-state index contributed by atoms with van der Waals surface area (Å²) in [5.74, 6) is -1.54. The molecule has 0 radical (unpaired) electrons. The van der Waals surface area contributed by atoms with Crippen LogP contribution in [0.3, 0.4) is 0 Å². The van der Waals surface area contributed by atoms with E-state index in [1.165, 1.54) is 6.07 Å². The second kappa shape index (κ2) is 4.62. The Labute approximate surface area is 114 Å². The molecular weight excluding hydrogens is 256 g/mol. The van der Waals surface area contributed by atoms with Crippen LogP contribution in [-0.4, -0.2) is 26.2 Å². The molecule has 0 aliphatic heterocycles. The molecule has 0 amide bonds. The third-order valence-corrected chi connectivity index (χ3v) is 2.98. The maximum Gasteiger partial charge on any atom is 0.341 e. The average Bonchev–Trinajstić information content (AvgIpc) is 2.47. The number of aromatic nitrogens is 2. The van der Waals surface area contributed by atoms with Gasteiger partial charge in [0.1, 0.15) is 16.8 Å². The lowest BCUT2D eigenvalue weighted by atomic mass is 10.1. The van der Waals surface area contributed by atoms with Crippen molar-refractivity contribution in [3.05, 3.63) is 54.2 Å². The molecule has 5 nitrogen and oxygen atoms in total. The zero-order valence-electron chi connectivity index (χ0n) is 10.3. The largest absolute Gasteiger partial charge is 0.507 e. The van der Waals surface area contributed by atoms with Crippen molar-refractivity contribution in [2.45, 2.75) is 0 Å². The van der Waals surface area contributed by atoms with Crippen molar-refractivity contribution in [2.75, 3.05) is 0 Å². The summed E-state index contributed by atoms with van der Waals surface area (Å²) in [6.07, 6.45) is 1.58. The van der Waals surface area contributed by atoms with E-state index in [1.54, 1.807) is 12.3 Å². The van der Waals surface area contributed by atoms with Crippen molar-refractivity contribution >= 4 is 17.0 Å². The predicted octanol–water partition coefficient (Wildman–Crippen LogP) is 2.70. The van der Waals surface area contributed by atoms with Gasteiger partial charge in [-0.3, -0.25) is 4.98 Å². The highest BCUT2D eigenvalue weighted by molar-refractivity contribution is 6.03. The standard InChI is InChI=1S/C15H10N2O3/c18-12-7-6-10-14(13(12)15(19)20)17-11(8-16-10)9-4-2-1-3-5-9/h1-8,18H,(H,19,20). The van der Waals surface area contributed by atoms with Gasteiger partial charge in [0.15, 0.2) is 0 Å². The molecule has 0 bridgehead atoms. The molecule has 0 unspecified atom stereocenters. The normalized spacial score (nSPS) is 10.6. The van der Waals surface area contributed by atoms with E-state index in [-0.39, 0.29) is 16.8 Å². The molecule has 5 heteroatoms. The smallest absolute Gasteiger partial charge is 0.341 e. The lowest BCUT2D eigenvalue weighted by Crippen LogP contribution is -2.01. The van der Waals surface area contributed by atoms with Gasteiger partial charge in [-0.25, -0.2) is 9.78 Å². The lowest BCUT2D eigenvalue weighted by Gasteiger charge is -2.06. The molecule has 0 atom stereocenters. The fraction of sp³-hybridized carbons (Fsp3) is 0. The summed E-state index contributed by atoms with van der Waals surface area (Å²) >= 11 is 0. The fourth-order valence-corrected chi connectivity index (χ4v) is 2.03. The van der Waals surface area contributed by atoms with Crippen LogP contribution in [0.4, 0.5) is 0 Å². The van der Waals surface area contributed by atoms with Gasteiger partial charge in [0.2, 0.25) is 0 Å². The number of rotatable bonds is 2. The first kappa shape index (κ1) is 12.1. The van der Waals surface area contributed by atoms with Crippen LogP contribution >= 0.6 is 0 Å². The van der Waals surface area contributed by atoms with E-state index in [2.05, 4.69) is 9.97 Å². The number of fused-ring (bicyclic) bond motifs is 1. The van der Waals surface area contributed by atoms with Gasteiger partial charge >= 0.3 is 5.97 Å². The molecule has 0 aliphatic rings. The van der Waals surface area contributed by atoms with Gasteiger partial charge in [0, 0.05) is 5.56 Å². The van der Waals surface area contributed by atoms with E-state index < -0.39 is 5.97 Å².